The molecule has 1 rings (SSSR count). The van der Waals surface area contributed by atoms with E-state index >= 15 is 0 Å². The summed E-state index contributed by atoms with van der Waals surface area (Å²) in [4.78, 5) is 11.3. The predicted molar refractivity (Wildman–Crippen MR) is 71.9 cm³/mol. The lowest BCUT2D eigenvalue weighted by Crippen LogP contribution is -2.25. The molecule has 0 radical (unpaired) electrons. The zero-order chi connectivity index (χ0) is 13.5. The van der Waals surface area contributed by atoms with Crippen molar-refractivity contribution in [1.29, 1.82) is 0 Å². The molecule has 0 amide bonds. The molecule has 0 aromatic heterocycles. The number of carboxylic acids is 1. The van der Waals surface area contributed by atoms with Gasteiger partial charge in [0, 0.05) is 18.7 Å². The molecular formula is C14H19ClO3. The highest BCUT2D eigenvalue weighted by atomic mass is 35.5. The molecule has 4 heteroatoms. The van der Waals surface area contributed by atoms with Crippen LogP contribution < -0.4 is 0 Å². The van der Waals surface area contributed by atoms with E-state index in [0.29, 0.717) is 18.1 Å². The van der Waals surface area contributed by atoms with Crippen molar-refractivity contribution >= 4 is 17.6 Å². The first kappa shape index (κ1) is 15.0. The first-order chi connectivity index (χ1) is 8.54. The second-order valence-electron chi connectivity index (χ2n) is 4.54. The fourth-order valence-corrected chi connectivity index (χ4v) is 2.17. The van der Waals surface area contributed by atoms with Crippen LogP contribution in [0.4, 0.5) is 0 Å². The van der Waals surface area contributed by atoms with Gasteiger partial charge in [-0.15, -0.1) is 0 Å². The first-order valence-corrected chi connectivity index (χ1v) is 6.38. The third-order valence-electron chi connectivity index (χ3n) is 3.13. The van der Waals surface area contributed by atoms with E-state index in [4.69, 9.17) is 16.3 Å². The second-order valence-corrected chi connectivity index (χ2v) is 4.97. The van der Waals surface area contributed by atoms with Gasteiger partial charge in [-0.25, -0.2) is 0 Å². The summed E-state index contributed by atoms with van der Waals surface area (Å²) in [5.74, 6) is -1.10. The summed E-state index contributed by atoms with van der Waals surface area (Å²) < 4.78 is 5.00. The van der Waals surface area contributed by atoms with Crippen molar-refractivity contribution in [3.05, 3.63) is 34.9 Å². The van der Waals surface area contributed by atoms with Gasteiger partial charge in [-0.3, -0.25) is 4.79 Å². The Kier molecular flexibility index (Phi) is 6.16. The molecule has 0 saturated heterocycles. The third-order valence-corrected chi connectivity index (χ3v) is 3.36. The zero-order valence-corrected chi connectivity index (χ0v) is 11.5. The third kappa shape index (κ3) is 4.67. The van der Waals surface area contributed by atoms with Gasteiger partial charge in [-0.05, 0) is 36.5 Å². The zero-order valence-electron chi connectivity index (χ0n) is 10.7. The summed E-state index contributed by atoms with van der Waals surface area (Å²) in [7, 11) is 1.62. The summed E-state index contributed by atoms with van der Waals surface area (Å²) in [6, 6.07) is 7.36. The lowest BCUT2D eigenvalue weighted by molar-refractivity contribution is -0.143. The van der Waals surface area contributed by atoms with Gasteiger partial charge in [0.05, 0.1) is 5.92 Å². The normalized spacial score (nSPS) is 14.2. The Morgan fingerprint density at radius 2 is 2.22 bits per heavy atom. The van der Waals surface area contributed by atoms with Crippen LogP contribution in [-0.4, -0.2) is 24.8 Å². The van der Waals surface area contributed by atoms with Gasteiger partial charge in [-0.2, -0.15) is 0 Å². The monoisotopic (exact) mass is 270 g/mol. The van der Waals surface area contributed by atoms with E-state index in [1.165, 1.54) is 0 Å². The van der Waals surface area contributed by atoms with Gasteiger partial charge in [0.2, 0.25) is 0 Å². The predicted octanol–water partition coefficient (Wildman–Crippen LogP) is 3.26. The Bertz CT molecular complexity index is 392. The molecular weight excluding hydrogens is 252 g/mol. The van der Waals surface area contributed by atoms with Gasteiger partial charge in [0.15, 0.2) is 0 Å². The van der Waals surface area contributed by atoms with Crippen molar-refractivity contribution in [2.45, 2.75) is 19.8 Å². The maximum Gasteiger partial charge on any atom is 0.307 e. The van der Waals surface area contributed by atoms with E-state index in [0.717, 1.165) is 12.0 Å². The van der Waals surface area contributed by atoms with Crippen LogP contribution in [0.3, 0.4) is 0 Å². The fraction of sp³-hybridized carbons (Fsp3) is 0.500. The van der Waals surface area contributed by atoms with Crippen LogP contribution in [0.1, 0.15) is 18.9 Å². The maximum absolute atomic E-state index is 11.3. The molecule has 0 aliphatic heterocycles. The quantitative estimate of drug-likeness (QED) is 0.827. The number of halogens is 1. The van der Waals surface area contributed by atoms with Crippen LogP contribution in [0.15, 0.2) is 24.3 Å². The molecule has 1 aromatic carbocycles. The number of carboxylic acid groups (broad SMARTS) is 1. The molecule has 0 fully saturated rings. The highest BCUT2D eigenvalue weighted by Gasteiger charge is 2.24. The van der Waals surface area contributed by atoms with Gasteiger partial charge < -0.3 is 9.84 Å². The number of hydrogen-bond donors (Lipinski definition) is 1. The molecule has 1 aromatic rings. The van der Waals surface area contributed by atoms with E-state index in [1.807, 2.05) is 25.1 Å². The molecule has 0 spiro atoms. The number of rotatable bonds is 7. The molecule has 2 atom stereocenters. The molecule has 0 aliphatic carbocycles. The second kappa shape index (κ2) is 7.39. The number of hydrogen-bond acceptors (Lipinski definition) is 2. The topological polar surface area (TPSA) is 46.5 Å². The average molecular weight is 271 g/mol. The summed E-state index contributed by atoms with van der Waals surface area (Å²) in [6.07, 6.45) is 1.24. The summed E-state index contributed by atoms with van der Waals surface area (Å²) in [5, 5.41) is 9.94. The van der Waals surface area contributed by atoms with Crippen LogP contribution in [0.5, 0.6) is 0 Å². The molecule has 0 saturated carbocycles. The molecule has 3 nitrogen and oxygen atoms in total. The minimum Gasteiger partial charge on any atom is -0.481 e. The number of methoxy groups -OCH3 is 1. The maximum atomic E-state index is 11.3. The first-order valence-electron chi connectivity index (χ1n) is 6.00. The van der Waals surface area contributed by atoms with Crippen molar-refractivity contribution < 1.29 is 14.6 Å². The molecule has 100 valence electrons. The van der Waals surface area contributed by atoms with Gasteiger partial charge in [0.1, 0.15) is 0 Å². The highest BCUT2D eigenvalue weighted by molar-refractivity contribution is 6.30. The lowest BCUT2D eigenvalue weighted by atomic mass is 9.86. The molecule has 2 unspecified atom stereocenters. The highest BCUT2D eigenvalue weighted by Crippen LogP contribution is 2.22. The van der Waals surface area contributed by atoms with E-state index in [9.17, 15) is 9.90 Å². The number of aliphatic carboxylic acids is 1. The van der Waals surface area contributed by atoms with Gasteiger partial charge in [0.25, 0.3) is 0 Å². The van der Waals surface area contributed by atoms with E-state index < -0.39 is 11.9 Å². The number of benzene rings is 1. The molecule has 0 bridgehead atoms. The Morgan fingerprint density at radius 3 is 2.78 bits per heavy atom. The number of carbonyl (C=O) groups is 1. The summed E-state index contributed by atoms with van der Waals surface area (Å²) >= 11 is 5.90. The van der Waals surface area contributed by atoms with E-state index in [1.54, 1.807) is 13.2 Å². The Hall–Kier alpha value is -1.06. The minimum atomic E-state index is -0.765. The van der Waals surface area contributed by atoms with Crippen molar-refractivity contribution in [3.63, 3.8) is 0 Å². The average Bonchev–Trinajstić information content (AvgIpc) is 2.32. The Balaban J connectivity index is 2.71. The van der Waals surface area contributed by atoms with Crippen LogP contribution in [0, 0.1) is 11.8 Å². The molecule has 1 N–H and O–H groups in total. The van der Waals surface area contributed by atoms with Gasteiger partial charge in [-0.1, -0.05) is 30.7 Å². The molecule has 0 heterocycles. The Morgan fingerprint density at radius 1 is 1.50 bits per heavy atom. The largest absolute Gasteiger partial charge is 0.481 e. The van der Waals surface area contributed by atoms with Crippen molar-refractivity contribution in [3.8, 4) is 0 Å². The van der Waals surface area contributed by atoms with E-state index in [-0.39, 0.29) is 5.92 Å². The SMILES string of the molecule is COCCC(C)C(Cc1cccc(Cl)c1)C(=O)O. The van der Waals surface area contributed by atoms with Crippen molar-refractivity contribution in [2.75, 3.05) is 13.7 Å². The fourth-order valence-electron chi connectivity index (χ4n) is 1.95. The standard InChI is InChI=1S/C14H19ClO3/c1-10(6-7-18-2)13(14(16)17)9-11-4-3-5-12(15)8-11/h3-5,8,10,13H,6-7,9H2,1-2H3,(H,16,17). The number of ether oxygens (including phenoxy) is 1. The van der Waals surface area contributed by atoms with Crippen LogP contribution >= 0.6 is 11.6 Å². The smallest absolute Gasteiger partial charge is 0.307 e. The summed E-state index contributed by atoms with van der Waals surface area (Å²) in [6.45, 7) is 2.53. The van der Waals surface area contributed by atoms with Crippen molar-refractivity contribution in [1.82, 2.24) is 0 Å². The van der Waals surface area contributed by atoms with Crippen LogP contribution in [0.25, 0.3) is 0 Å². The molecule has 0 aliphatic rings. The Labute approximate surface area is 113 Å². The lowest BCUT2D eigenvalue weighted by Gasteiger charge is -2.20. The van der Waals surface area contributed by atoms with Crippen LogP contribution in [0.2, 0.25) is 5.02 Å². The minimum absolute atomic E-state index is 0.0708. The van der Waals surface area contributed by atoms with Crippen molar-refractivity contribution in [2.24, 2.45) is 11.8 Å². The van der Waals surface area contributed by atoms with Crippen LogP contribution in [-0.2, 0) is 16.0 Å². The summed E-state index contributed by atoms with van der Waals surface area (Å²) in [5.41, 5.74) is 0.958. The van der Waals surface area contributed by atoms with Gasteiger partial charge >= 0.3 is 5.97 Å². The van der Waals surface area contributed by atoms with E-state index in [2.05, 4.69) is 0 Å². The molecule has 18 heavy (non-hydrogen) atoms.